The highest BCUT2D eigenvalue weighted by atomic mass is 32.2. The average Bonchev–Trinajstić information content (AvgIpc) is 2.53. The van der Waals surface area contributed by atoms with Crippen LogP contribution in [0.25, 0.3) is 12.2 Å². The molecule has 1 atom stereocenters. The van der Waals surface area contributed by atoms with E-state index in [0.717, 1.165) is 47.9 Å². The lowest BCUT2D eigenvalue weighted by molar-refractivity contribution is -0.114. The van der Waals surface area contributed by atoms with Crippen LogP contribution in [0.1, 0.15) is 11.1 Å². The van der Waals surface area contributed by atoms with Crippen molar-refractivity contribution < 1.29 is 26.6 Å². The Morgan fingerprint density at radius 1 is 0.880 bits per heavy atom. The van der Waals surface area contributed by atoms with Gasteiger partial charge < -0.3 is 0 Å². The first-order chi connectivity index (χ1) is 11.8. The smallest absolute Gasteiger partial charge is 0.255 e. The van der Waals surface area contributed by atoms with Crippen LogP contribution in [0.2, 0.25) is 0 Å². The van der Waals surface area contributed by atoms with Crippen molar-refractivity contribution in [2.75, 3.05) is 0 Å². The molecule has 0 radical (unpaired) electrons. The van der Waals surface area contributed by atoms with Gasteiger partial charge in [-0.2, -0.15) is 0 Å². The topological polar surface area (TPSA) is 46.2 Å². The van der Waals surface area contributed by atoms with Crippen LogP contribution in [0.15, 0.2) is 47.9 Å². The number of amides is 1. The number of hydrogen-bond acceptors (Lipinski definition) is 2. The third kappa shape index (κ3) is 5.68. The highest BCUT2D eigenvalue weighted by Crippen LogP contribution is 2.12. The molecule has 2 rings (SSSR count). The molecule has 0 bridgehead atoms. The lowest BCUT2D eigenvalue weighted by Crippen LogP contribution is -2.21. The summed E-state index contributed by atoms with van der Waals surface area (Å²) in [5, 5.41) is 1.00. The molecule has 0 spiro atoms. The second kappa shape index (κ2) is 8.39. The summed E-state index contributed by atoms with van der Waals surface area (Å²) >= 11 is 0. The van der Waals surface area contributed by atoms with Crippen LogP contribution >= 0.6 is 0 Å². The zero-order valence-corrected chi connectivity index (χ0v) is 13.3. The number of benzene rings is 2. The van der Waals surface area contributed by atoms with Crippen molar-refractivity contribution in [3.8, 4) is 0 Å². The summed E-state index contributed by atoms with van der Waals surface area (Å²) in [5.41, 5.74) is -0.0285. The van der Waals surface area contributed by atoms with E-state index in [1.165, 1.54) is 0 Å². The van der Waals surface area contributed by atoms with Crippen LogP contribution in [-0.2, 0) is 15.8 Å². The minimum Gasteiger partial charge on any atom is -0.269 e. The van der Waals surface area contributed by atoms with E-state index in [0.29, 0.717) is 12.1 Å². The van der Waals surface area contributed by atoms with Gasteiger partial charge in [-0.3, -0.25) is 9.52 Å². The molecule has 1 unspecified atom stereocenters. The third-order valence-electron chi connectivity index (χ3n) is 2.91. The molecule has 1 amide bonds. The Hall–Kier alpha value is -2.74. The van der Waals surface area contributed by atoms with Gasteiger partial charge in [0.25, 0.3) is 5.91 Å². The van der Waals surface area contributed by atoms with Crippen LogP contribution < -0.4 is 4.72 Å². The zero-order valence-electron chi connectivity index (χ0n) is 12.5. The lowest BCUT2D eigenvalue weighted by Gasteiger charge is -1.99. The second-order valence-electron chi connectivity index (χ2n) is 4.73. The Morgan fingerprint density at radius 2 is 1.40 bits per heavy atom. The molecule has 0 heterocycles. The summed E-state index contributed by atoms with van der Waals surface area (Å²) < 4.78 is 66.0. The van der Waals surface area contributed by atoms with Gasteiger partial charge in [-0.25, -0.2) is 21.8 Å². The largest absolute Gasteiger partial charge is 0.269 e. The molecule has 0 saturated carbocycles. The molecule has 2 aromatic rings. The number of hydrogen-bond donors (Lipinski definition) is 1. The maximum absolute atomic E-state index is 13.4. The molecule has 2 aromatic carbocycles. The fraction of sp³-hybridized carbons (Fsp3) is 0. The predicted octanol–water partition coefficient (Wildman–Crippen LogP) is 3.71. The Bertz CT molecular complexity index is 809. The van der Waals surface area contributed by atoms with Gasteiger partial charge in [0.2, 0.25) is 0 Å². The molecule has 0 aromatic heterocycles. The first-order valence-corrected chi connectivity index (χ1v) is 8.04. The third-order valence-corrected chi connectivity index (χ3v) is 3.70. The van der Waals surface area contributed by atoms with E-state index >= 15 is 0 Å². The van der Waals surface area contributed by atoms with E-state index in [-0.39, 0.29) is 11.1 Å². The van der Waals surface area contributed by atoms with Gasteiger partial charge in [0.15, 0.2) is 0 Å². The molecule has 3 nitrogen and oxygen atoms in total. The molecule has 0 fully saturated rings. The molecule has 130 valence electrons. The van der Waals surface area contributed by atoms with E-state index in [1.54, 1.807) is 0 Å². The lowest BCUT2D eigenvalue weighted by atomic mass is 10.2. The van der Waals surface area contributed by atoms with Gasteiger partial charge >= 0.3 is 0 Å². The van der Waals surface area contributed by atoms with E-state index in [4.69, 9.17) is 0 Å². The summed E-state index contributed by atoms with van der Waals surface area (Å²) in [4.78, 5) is 11.6. The first kappa shape index (κ1) is 18.6. The zero-order chi connectivity index (χ0) is 18.4. The van der Waals surface area contributed by atoms with E-state index in [9.17, 15) is 26.6 Å². The Balaban J connectivity index is 1.96. The number of nitrogens with one attached hydrogen (secondary N) is 1. The minimum atomic E-state index is -1.98. The number of rotatable bonds is 5. The van der Waals surface area contributed by atoms with Gasteiger partial charge in [0, 0.05) is 34.7 Å². The van der Waals surface area contributed by atoms with Crippen LogP contribution in [0.4, 0.5) is 17.6 Å². The molecular weight excluding hydrogens is 358 g/mol. The van der Waals surface area contributed by atoms with Crippen LogP contribution in [0, 0.1) is 23.3 Å². The first-order valence-electron chi connectivity index (χ1n) is 6.83. The van der Waals surface area contributed by atoms with E-state index in [2.05, 4.69) is 0 Å². The van der Waals surface area contributed by atoms with Crippen molar-refractivity contribution in [1.29, 1.82) is 0 Å². The summed E-state index contributed by atoms with van der Waals surface area (Å²) in [6, 6.07) is 5.68. The maximum atomic E-state index is 13.4. The van der Waals surface area contributed by atoms with Crippen molar-refractivity contribution in [2.45, 2.75) is 0 Å². The standard InChI is InChI=1S/C17H11F4NO2S/c18-13-4-1-11(15(20)9-13)3-6-17(23)22-25(24)8-7-12-2-5-14(19)10-16(12)21/h1-10H,(H,22,23)/b6-3-,8-7+. The number of carbonyl (C=O) groups excluding carboxylic acids is 1. The quantitative estimate of drug-likeness (QED) is 0.645. The van der Waals surface area contributed by atoms with Crippen LogP contribution in [0.5, 0.6) is 0 Å². The molecule has 0 aliphatic heterocycles. The highest BCUT2D eigenvalue weighted by Gasteiger charge is 2.04. The van der Waals surface area contributed by atoms with Gasteiger partial charge in [0.05, 0.1) is 0 Å². The summed E-state index contributed by atoms with van der Waals surface area (Å²) in [6.45, 7) is 0. The van der Waals surface area contributed by atoms with Crippen LogP contribution in [-0.4, -0.2) is 10.1 Å². The van der Waals surface area contributed by atoms with E-state index in [1.807, 2.05) is 4.72 Å². The summed E-state index contributed by atoms with van der Waals surface area (Å²) in [6.07, 6.45) is 3.12. The molecule has 0 aliphatic carbocycles. The van der Waals surface area contributed by atoms with Crippen molar-refractivity contribution >= 4 is 29.0 Å². The Kier molecular flexibility index (Phi) is 6.24. The second-order valence-corrected chi connectivity index (χ2v) is 5.80. The monoisotopic (exact) mass is 369 g/mol. The van der Waals surface area contributed by atoms with E-state index < -0.39 is 40.2 Å². The summed E-state index contributed by atoms with van der Waals surface area (Å²) in [5.74, 6) is -3.99. The van der Waals surface area contributed by atoms with Crippen molar-refractivity contribution in [3.63, 3.8) is 0 Å². The normalized spacial score (nSPS) is 12.6. The average molecular weight is 369 g/mol. The van der Waals surface area contributed by atoms with Gasteiger partial charge in [-0.05, 0) is 36.4 Å². The highest BCUT2D eigenvalue weighted by molar-refractivity contribution is 7.86. The maximum Gasteiger partial charge on any atom is 0.255 e. The van der Waals surface area contributed by atoms with Crippen molar-refractivity contribution in [3.05, 3.63) is 82.3 Å². The fourth-order valence-corrected chi connectivity index (χ4v) is 2.35. The minimum absolute atomic E-state index is 0.00655. The molecule has 25 heavy (non-hydrogen) atoms. The summed E-state index contributed by atoms with van der Waals surface area (Å²) in [7, 11) is -1.98. The predicted molar refractivity (Wildman–Crippen MR) is 87.1 cm³/mol. The number of halogens is 4. The van der Waals surface area contributed by atoms with Gasteiger partial charge in [0.1, 0.15) is 34.3 Å². The molecule has 1 N–H and O–H groups in total. The van der Waals surface area contributed by atoms with Gasteiger partial charge in [-0.15, -0.1) is 0 Å². The SMILES string of the molecule is O=C(/C=C\c1ccc(F)cc1F)NS(=O)/C=C/c1ccc(F)cc1F. The van der Waals surface area contributed by atoms with Crippen LogP contribution in [0.3, 0.4) is 0 Å². The molecule has 8 heteroatoms. The van der Waals surface area contributed by atoms with Gasteiger partial charge in [-0.1, -0.05) is 0 Å². The molecule has 0 saturated heterocycles. The fourth-order valence-electron chi connectivity index (χ4n) is 1.74. The number of carbonyl (C=O) groups is 1. The van der Waals surface area contributed by atoms with Crippen molar-refractivity contribution in [2.24, 2.45) is 0 Å². The molecule has 0 aliphatic rings. The molecular formula is C17H11F4NO2S. The Morgan fingerprint density at radius 3 is 1.92 bits per heavy atom. The Labute approximate surface area is 143 Å². The van der Waals surface area contributed by atoms with Crippen molar-refractivity contribution in [1.82, 2.24) is 4.72 Å².